The minimum Gasteiger partial charge on any atom is -0.494 e. The summed E-state index contributed by atoms with van der Waals surface area (Å²) >= 11 is 0. The molecular formula is C20H20FNO3. The van der Waals surface area contributed by atoms with Gasteiger partial charge in [-0.15, -0.1) is 0 Å². The van der Waals surface area contributed by atoms with E-state index in [1.54, 1.807) is 6.07 Å². The third-order valence-corrected chi connectivity index (χ3v) is 3.15. The summed E-state index contributed by atoms with van der Waals surface area (Å²) in [7, 11) is 0. The van der Waals surface area contributed by atoms with Gasteiger partial charge in [-0.25, -0.2) is 9.18 Å². The molecule has 0 aliphatic carbocycles. The quantitative estimate of drug-likeness (QED) is 0.640. The zero-order valence-corrected chi connectivity index (χ0v) is 14.0. The van der Waals surface area contributed by atoms with Crippen molar-refractivity contribution in [2.24, 2.45) is 0 Å². The molecule has 0 heterocycles. The molecule has 0 unspecified atom stereocenters. The number of benzene rings is 2. The first kappa shape index (κ1) is 18.3. The Bertz CT molecular complexity index is 751. The Morgan fingerprint density at radius 2 is 2.00 bits per heavy atom. The molecule has 0 bridgehead atoms. The molecular weight excluding hydrogens is 321 g/mol. The first-order chi connectivity index (χ1) is 12.2. The maximum absolute atomic E-state index is 13.4. The molecule has 0 aliphatic rings. The fourth-order valence-corrected chi connectivity index (χ4v) is 2.05. The van der Waals surface area contributed by atoms with Crippen LogP contribution >= 0.6 is 0 Å². The van der Waals surface area contributed by atoms with Gasteiger partial charge in [0, 0.05) is 24.6 Å². The minimum absolute atomic E-state index is 0.224. The van der Waals surface area contributed by atoms with Crippen molar-refractivity contribution >= 4 is 6.09 Å². The summed E-state index contributed by atoms with van der Waals surface area (Å²) in [6.07, 6.45) is -0.0592. The predicted octanol–water partition coefficient (Wildman–Crippen LogP) is 3.89. The van der Waals surface area contributed by atoms with Crippen molar-refractivity contribution < 1.29 is 18.7 Å². The summed E-state index contributed by atoms with van der Waals surface area (Å²) in [5.41, 5.74) is 1.46. The summed E-state index contributed by atoms with van der Waals surface area (Å²) in [5.74, 6) is 5.80. The number of carbonyl (C=O) groups excluding carboxylic acids is 1. The first-order valence-corrected chi connectivity index (χ1v) is 8.04. The zero-order chi connectivity index (χ0) is 17.9. The molecule has 0 radical (unpaired) electrons. The molecule has 0 aliphatic heterocycles. The smallest absolute Gasteiger partial charge is 0.407 e. The summed E-state index contributed by atoms with van der Waals surface area (Å²) in [6.45, 7) is 2.88. The lowest BCUT2D eigenvalue weighted by Crippen LogP contribution is -2.24. The van der Waals surface area contributed by atoms with Gasteiger partial charge in [-0.05, 0) is 24.6 Å². The van der Waals surface area contributed by atoms with Crippen molar-refractivity contribution in [3.63, 3.8) is 0 Å². The lowest BCUT2D eigenvalue weighted by atomic mass is 10.2. The van der Waals surface area contributed by atoms with Gasteiger partial charge in [-0.2, -0.15) is 0 Å². The number of nitrogens with one attached hydrogen (secondary N) is 1. The second-order valence-corrected chi connectivity index (χ2v) is 5.15. The van der Waals surface area contributed by atoms with Crippen LogP contribution in [-0.2, 0) is 11.3 Å². The molecule has 2 rings (SSSR count). The summed E-state index contributed by atoms with van der Waals surface area (Å²) in [4.78, 5) is 11.6. The predicted molar refractivity (Wildman–Crippen MR) is 93.7 cm³/mol. The minimum atomic E-state index is -0.491. The zero-order valence-electron chi connectivity index (χ0n) is 14.0. The average molecular weight is 341 g/mol. The van der Waals surface area contributed by atoms with Crippen LogP contribution in [0.1, 0.15) is 24.5 Å². The second kappa shape index (κ2) is 9.99. The number of halogens is 1. The molecule has 5 heteroatoms. The Kier molecular flexibility index (Phi) is 7.33. The van der Waals surface area contributed by atoms with Crippen LogP contribution in [0.3, 0.4) is 0 Å². The van der Waals surface area contributed by atoms with Gasteiger partial charge in [0.25, 0.3) is 0 Å². The Hall–Kier alpha value is -3.00. The molecule has 0 aromatic heterocycles. The van der Waals surface area contributed by atoms with Crippen LogP contribution in [0.15, 0.2) is 48.5 Å². The van der Waals surface area contributed by atoms with Crippen LogP contribution < -0.4 is 10.1 Å². The molecule has 0 fully saturated rings. The first-order valence-electron chi connectivity index (χ1n) is 8.04. The van der Waals surface area contributed by atoms with E-state index >= 15 is 0 Å². The molecule has 2 aromatic rings. The Labute approximate surface area is 147 Å². The van der Waals surface area contributed by atoms with Crippen molar-refractivity contribution in [3.8, 4) is 17.6 Å². The third-order valence-electron chi connectivity index (χ3n) is 3.15. The van der Waals surface area contributed by atoms with E-state index in [1.165, 1.54) is 12.1 Å². The fraction of sp³-hybridized carbons (Fsp3) is 0.250. The molecule has 4 nitrogen and oxygen atoms in total. The van der Waals surface area contributed by atoms with E-state index in [1.807, 2.05) is 37.3 Å². The monoisotopic (exact) mass is 341 g/mol. The lowest BCUT2D eigenvalue weighted by molar-refractivity contribution is 0.140. The molecule has 25 heavy (non-hydrogen) atoms. The van der Waals surface area contributed by atoms with Gasteiger partial charge in [0.05, 0.1) is 6.61 Å². The number of carbonyl (C=O) groups is 1. The number of rotatable bonds is 6. The normalized spacial score (nSPS) is 9.68. The highest BCUT2D eigenvalue weighted by Crippen LogP contribution is 2.15. The Balaban J connectivity index is 1.72. The van der Waals surface area contributed by atoms with E-state index in [0.717, 1.165) is 5.56 Å². The van der Waals surface area contributed by atoms with Gasteiger partial charge in [-0.1, -0.05) is 42.2 Å². The topological polar surface area (TPSA) is 47.6 Å². The highest BCUT2D eigenvalue weighted by Gasteiger charge is 2.01. The molecule has 0 saturated carbocycles. The molecule has 1 N–H and O–H groups in total. The van der Waals surface area contributed by atoms with E-state index in [9.17, 15) is 9.18 Å². The summed E-state index contributed by atoms with van der Waals surface area (Å²) in [5, 5.41) is 2.62. The average Bonchev–Trinajstić information content (AvgIpc) is 2.60. The van der Waals surface area contributed by atoms with E-state index in [2.05, 4.69) is 17.2 Å². The van der Waals surface area contributed by atoms with Crippen LogP contribution in [0, 0.1) is 17.7 Å². The molecule has 0 saturated heterocycles. The maximum Gasteiger partial charge on any atom is 0.407 e. The van der Waals surface area contributed by atoms with E-state index in [0.29, 0.717) is 30.9 Å². The van der Waals surface area contributed by atoms with Crippen molar-refractivity contribution in [1.82, 2.24) is 5.32 Å². The van der Waals surface area contributed by atoms with Crippen LogP contribution in [0.25, 0.3) is 0 Å². The van der Waals surface area contributed by atoms with Gasteiger partial charge in [0.1, 0.15) is 18.2 Å². The fourth-order valence-electron chi connectivity index (χ4n) is 2.05. The summed E-state index contributed by atoms with van der Waals surface area (Å²) < 4.78 is 23.8. The Morgan fingerprint density at radius 3 is 2.76 bits per heavy atom. The second-order valence-electron chi connectivity index (χ2n) is 5.15. The van der Waals surface area contributed by atoms with Gasteiger partial charge in [0.2, 0.25) is 0 Å². The standard InChI is InChI=1S/C20H20FNO3/c1-2-24-19-13-17(12-18(21)14-19)10-6-7-11-22-20(23)25-15-16-8-4-3-5-9-16/h3-5,8-9,12-14H,2,7,11,15H2,1H3,(H,22,23). The Morgan fingerprint density at radius 1 is 1.20 bits per heavy atom. The van der Waals surface area contributed by atoms with Crippen LogP contribution in [0.5, 0.6) is 5.75 Å². The van der Waals surface area contributed by atoms with Gasteiger partial charge in [0.15, 0.2) is 0 Å². The maximum atomic E-state index is 13.4. The van der Waals surface area contributed by atoms with E-state index in [-0.39, 0.29) is 6.61 Å². The van der Waals surface area contributed by atoms with E-state index < -0.39 is 11.9 Å². The highest BCUT2D eigenvalue weighted by molar-refractivity contribution is 5.67. The van der Waals surface area contributed by atoms with Crippen molar-refractivity contribution in [2.45, 2.75) is 20.0 Å². The van der Waals surface area contributed by atoms with Crippen molar-refractivity contribution in [2.75, 3.05) is 13.2 Å². The number of ether oxygens (including phenoxy) is 2. The number of hydrogen-bond acceptors (Lipinski definition) is 3. The number of amides is 1. The number of alkyl carbamates (subject to hydrolysis) is 1. The van der Waals surface area contributed by atoms with Gasteiger partial charge in [-0.3, -0.25) is 0 Å². The largest absolute Gasteiger partial charge is 0.494 e. The molecule has 2 aromatic carbocycles. The molecule has 1 amide bonds. The molecule has 0 atom stereocenters. The van der Waals surface area contributed by atoms with Crippen LogP contribution in [0.2, 0.25) is 0 Å². The van der Waals surface area contributed by atoms with Gasteiger partial charge < -0.3 is 14.8 Å². The van der Waals surface area contributed by atoms with Crippen LogP contribution in [0.4, 0.5) is 9.18 Å². The van der Waals surface area contributed by atoms with Crippen LogP contribution in [-0.4, -0.2) is 19.2 Å². The summed E-state index contributed by atoms with van der Waals surface area (Å²) in [6, 6.07) is 13.8. The van der Waals surface area contributed by atoms with Crippen molar-refractivity contribution in [1.29, 1.82) is 0 Å². The van der Waals surface area contributed by atoms with Crippen molar-refractivity contribution in [3.05, 3.63) is 65.5 Å². The number of hydrogen-bond donors (Lipinski definition) is 1. The highest BCUT2D eigenvalue weighted by atomic mass is 19.1. The third kappa shape index (κ3) is 6.96. The van der Waals surface area contributed by atoms with E-state index in [4.69, 9.17) is 9.47 Å². The SMILES string of the molecule is CCOc1cc(F)cc(C#CCCNC(=O)OCc2ccccc2)c1. The molecule has 0 spiro atoms. The molecule has 130 valence electrons. The lowest BCUT2D eigenvalue weighted by Gasteiger charge is -2.05. The van der Waals surface area contributed by atoms with Gasteiger partial charge >= 0.3 is 6.09 Å².